The second kappa shape index (κ2) is 3.51. The molecule has 4 nitrogen and oxygen atoms in total. The Labute approximate surface area is 83.3 Å². The Morgan fingerprint density at radius 2 is 2.00 bits per heavy atom. The van der Waals surface area contributed by atoms with Crippen LogP contribution in [0.4, 0.5) is 0 Å². The summed E-state index contributed by atoms with van der Waals surface area (Å²) >= 11 is 0. The van der Waals surface area contributed by atoms with E-state index in [-0.39, 0.29) is 12.1 Å². The molecule has 0 aromatic heterocycles. The normalized spacial score (nSPS) is 35.2. The summed E-state index contributed by atoms with van der Waals surface area (Å²) < 4.78 is 0. The van der Waals surface area contributed by atoms with Crippen LogP contribution in [0.2, 0.25) is 0 Å². The van der Waals surface area contributed by atoms with Crippen molar-refractivity contribution in [1.82, 2.24) is 5.32 Å². The van der Waals surface area contributed by atoms with Crippen LogP contribution in [0, 0.1) is 0 Å². The van der Waals surface area contributed by atoms with Gasteiger partial charge in [0.2, 0.25) is 0 Å². The molecular weight excluding hydrogens is 182 g/mol. The lowest BCUT2D eigenvalue weighted by Crippen LogP contribution is -2.61. The largest absolute Gasteiger partial charge is 0.480 e. The zero-order valence-electron chi connectivity index (χ0n) is 8.20. The highest BCUT2D eigenvalue weighted by atomic mass is 16.4. The van der Waals surface area contributed by atoms with Gasteiger partial charge in [0.25, 0.3) is 0 Å². The summed E-state index contributed by atoms with van der Waals surface area (Å²) in [5, 5.41) is 21.8. The number of carboxylic acids is 1. The molecule has 2 fully saturated rings. The van der Waals surface area contributed by atoms with E-state index in [9.17, 15) is 9.90 Å². The molecule has 2 unspecified atom stereocenters. The topological polar surface area (TPSA) is 69.6 Å². The van der Waals surface area contributed by atoms with Crippen molar-refractivity contribution in [2.75, 3.05) is 0 Å². The predicted octanol–water partition coefficient (Wildman–Crippen LogP) is 0.497. The maximum absolute atomic E-state index is 11.1. The van der Waals surface area contributed by atoms with Gasteiger partial charge in [-0.05, 0) is 38.5 Å². The fourth-order valence-electron chi connectivity index (χ4n) is 2.41. The first kappa shape index (κ1) is 9.93. The van der Waals surface area contributed by atoms with E-state index in [0.717, 1.165) is 25.7 Å². The van der Waals surface area contributed by atoms with Crippen LogP contribution in [0.5, 0.6) is 0 Å². The minimum Gasteiger partial charge on any atom is -0.480 e. The second-order valence-corrected chi connectivity index (χ2v) is 4.49. The minimum atomic E-state index is -0.761. The summed E-state index contributed by atoms with van der Waals surface area (Å²) in [5.74, 6) is -0.761. The van der Waals surface area contributed by atoms with Gasteiger partial charge in [0, 0.05) is 6.04 Å². The van der Waals surface area contributed by atoms with Gasteiger partial charge in [-0.3, -0.25) is 10.1 Å². The number of rotatable bonds is 3. The van der Waals surface area contributed by atoms with Crippen LogP contribution in [0.15, 0.2) is 0 Å². The molecule has 0 radical (unpaired) electrons. The molecule has 0 amide bonds. The summed E-state index contributed by atoms with van der Waals surface area (Å²) in [6.45, 7) is 0. The summed E-state index contributed by atoms with van der Waals surface area (Å²) in [6.07, 6.45) is 4.71. The smallest absolute Gasteiger partial charge is 0.323 e. The van der Waals surface area contributed by atoms with Gasteiger partial charge >= 0.3 is 5.97 Å². The number of hydrogen-bond acceptors (Lipinski definition) is 3. The van der Waals surface area contributed by atoms with Crippen LogP contribution >= 0.6 is 0 Å². The minimum absolute atomic E-state index is 0.00796. The summed E-state index contributed by atoms with van der Waals surface area (Å²) in [7, 11) is 0. The quantitative estimate of drug-likeness (QED) is 0.619. The molecule has 0 aromatic rings. The lowest BCUT2D eigenvalue weighted by Gasteiger charge is -2.41. The second-order valence-electron chi connectivity index (χ2n) is 4.49. The summed E-state index contributed by atoms with van der Waals surface area (Å²) in [4.78, 5) is 11.1. The first-order valence-electron chi connectivity index (χ1n) is 5.33. The lowest BCUT2D eigenvalue weighted by atomic mass is 9.76. The molecule has 0 aromatic carbocycles. The highest BCUT2D eigenvalue weighted by Gasteiger charge is 2.46. The third-order valence-electron chi connectivity index (χ3n) is 3.56. The van der Waals surface area contributed by atoms with Gasteiger partial charge in [0.1, 0.15) is 5.54 Å². The Hall–Kier alpha value is -0.610. The summed E-state index contributed by atoms with van der Waals surface area (Å²) in [6, 6.07) is -0.00796. The third kappa shape index (κ3) is 1.53. The first-order chi connectivity index (χ1) is 6.64. The van der Waals surface area contributed by atoms with Crippen molar-refractivity contribution in [1.29, 1.82) is 0 Å². The van der Waals surface area contributed by atoms with Gasteiger partial charge in [-0.1, -0.05) is 0 Å². The average Bonchev–Trinajstić information content (AvgIpc) is 2.43. The third-order valence-corrected chi connectivity index (χ3v) is 3.56. The predicted molar refractivity (Wildman–Crippen MR) is 51.0 cm³/mol. The van der Waals surface area contributed by atoms with Crippen molar-refractivity contribution in [2.45, 2.75) is 56.2 Å². The van der Waals surface area contributed by atoms with E-state index in [1.807, 2.05) is 0 Å². The van der Waals surface area contributed by atoms with Crippen LogP contribution in [-0.2, 0) is 4.79 Å². The first-order valence-corrected chi connectivity index (χ1v) is 5.33. The Morgan fingerprint density at radius 3 is 2.36 bits per heavy atom. The summed E-state index contributed by atoms with van der Waals surface area (Å²) in [5.41, 5.74) is -0.726. The average molecular weight is 199 g/mol. The van der Waals surface area contributed by atoms with E-state index in [0.29, 0.717) is 12.8 Å². The van der Waals surface area contributed by atoms with E-state index < -0.39 is 11.5 Å². The molecule has 4 heteroatoms. The van der Waals surface area contributed by atoms with Crippen molar-refractivity contribution in [3.8, 4) is 0 Å². The van der Waals surface area contributed by atoms with Gasteiger partial charge in [-0.15, -0.1) is 0 Å². The zero-order valence-corrected chi connectivity index (χ0v) is 8.20. The maximum atomic E-state index is 11.1. The fourth-order valence-corrected chi connectivity index (χ4v) is 2.41. The van der Waals surface area contributed by atoms with Crippen molar-refractivity contribution in [3.05, 3.63) is 0 Å². The van der Waals surface area contributed by atoms with Crippen molar-refractivity contribution in [3.63, 3.8) is 0 Å². The van der Waals surface area contributed by atoms with Crippen molar-refractivity contribution >= 4 is 5.97 Å². The molecule has 2 atom stereocenters. The number of aliphatic hydroxyl groups is 1. The Balaban J connectivity index is 1.97. The SMILES string of the molecule is O=C(O)C1(NC2CCCC2O)CCC1. The number of nitrogens with one attached hydrogen (secondary N) is 1. The van der Waals surface area contributed by atoms with Gasteiger partial charge < -0.3 is 10.2 Å². The standard InChI is InChI=1S/C10H17NO3/c12-8-4-1-3-7(8)11-10(9(13)14)5-2-6-10/h7-8,11-12H,1-6H2,(H,13,14). The van der Waals surface area contributed by atoms with Crippen LogP contribution in [0.3, 0.4) is 0 Å². The van der Waals surface area contributed by atoms with E-state index in [2.05, 4.69) is 5.32 Å². The highest BCUT2D eigenvalue weighted by molar-refractivity contribution is 5.80. The van der Waals surface area contributed by atoms with Crippen LogP contribution in [0.25, 0.3) is 0 Å². The van der Waals surface area contributed by atoms with Gasteiger partial charge in [0.15, 0.2) is 0 Å². The highest BCUT2D eigenvalue weighted by Crippen LogP contribution is 2.34. The molecule has 80 valence electrons. The molecule has 0 aliphatic heterocycles. The van der Waals surface area contributed by atoms with E-state index in [1.54, 1.807) is 0 Å². The maximum Gasteiger partial charge on any atom is 0.323 e. The Kier molecular flexibility index (Phi) is 2.49. The van der Waals surface area contributed by atoms with Crippen molar-refractivity contribution in [2.24, 2.45) is 0 Å². The van der Waals surface area contributed by atoms with E-state index >= 15 is 0 Å². The molecule has 0 heterocycles. The van der Waals surface area contributed by atoms with Gasteiger partial charge in [-0.2, -0.15) is 0 Å². The van der Waals surface area contributed by atoms with Crippen LogP contribution in [-0.4, -0.2) is 33.9 Å². The number of aliphatic carboxylic acids is 1. The van der Waals surface area contributed by atoms with Gasteiger partial charge in [-0.25, -0.2) is 0 Å². The molecule has 2 aliphatic carbocycles. The van der Waals surface area contributed by atoms with Crippen LogP contribution in [0.1, 0.15) is 38.5 Å². The lowest BCUT2D eigenvalue weighted by molar-refractivity contribution is -0.149. The van der Waals surface area contributed by atoms with Crippen molar-refractivity contribution < 1.29 is 15.0 Å². The Bertz CT molecular complexity index is 238. The number of aliphatic hydroxyl groups excluding tert-OH is 1. The molecular formula is C10H17NO3. The van der Waals surface area contributed by atoms with Crippen LogP contribution < -0.4 is 5.32 Å². The van der Waals surface area contributed by atoms with E-state index in [1.165, 1.54) is 0 Å². The molecule has 0 saturated heterocycles. The molecule has 3 N–H and O–H groups in total. The van der Waals surface area contributed by atoms with E-state index in [4.69, 9.17) is 5.11 Å². The molecule has 2 aliphatic rings. The van der Waals surface area contributed by atoms with Gasteiger partial charge in [0.05, 0.1) is 6.10 Å². The Morgan fingerprint density at radius 1 is 1.29 bits per heavy atom. The number of hydrogen-bond donors (Lipinski definition) is 3. The fraction of sp³-hybridized carbons (Fsp3) is 0.900. The monoisotopic (exact) mass is 199 g/mol. The number of carbonyl (C=O) groups is 1. The molecule has 2 saturated carbocycles. The molecule has 0 bridgehead atoms. The molecule has 0 spiro atoms. The molecule has 2 rings (SSSR count). The number of carboxylic acid groups (broad SMARTS) is 1. The molecule has 14 heavy (non-hydrogen) atoms. The zero-order chi connectivity index (χ0) is 10.2.